The topological polar surface area (TPSA) is 37.8 Å². The molecule has 5 heteroatoms. The number of nitrogens with zero attached hydrogens (tertiary/aromatic N) is 2. The Morgan fingerprint density at radius 3 is 2.57 bits per heavy atom. The molecule has 21 heavy (non-hydrogen) atoms. The van der Waals surface area contributed by atoms with Crippen LogP contribution in [0.4, 0.5) is 5.82 Å². The number of anilines is 1. The summed E-state index contributed by atoms with van der Waals surface area (Å²) in [5.41, 5.74) is 2.68. The summed E-state index contributed by atoms with van der Waals surface area (Å²) in [6, 6.07) is 5.60. The van der Waals surface area contributed by atoms with Gasteiger partial charge in [-0.2, -0.15) is 0 Å². The van der Waals surface area contributed by atoms with Crippen molar-refractivity contribution < 1.29 is 0 Å². The van der Waals surface area contributed by atoms with Crippen LogP contribution < -0.4 is 5.32 Å². The number of hydrogen-bond donors (Lipinski definition) is 1. The lowest BCUT2D eigenvalue weighted by molar-refractivity contribution is 0.911. The fraction of sp³-hybridized carbons (Fsp3) is 0.375. The number of aryl methyl sites for hydroxylation is 1. The minimum atomic E-state index is 0.532. The normalized spacial score (nSPS) is 10.7. The lowest BCUT2D eigenvalue weighted by atomic mass is 10.1. The Labute approximate surface area is 135 Å². The van der Waals surface area contributed by atoms with Crippen LogP contribution in [0.2, 0.25) is 10.0 Å². The second-order valence-corrected chi connectivity index (χ2v) is 5.63. The largest absolute Gasteiger partial charge is 0.370 e. The Morgan fingerprint density at radius 2 is 1.90 bits per heavy atom. The molecule has 3 nitrogen and oxygen atoms in total. The van der Waals surface area contributed by atoms with Gasteiger partial charge in [-0.1, -0.05) is 49.2 Å². The van der Waals surface area contributed by atoms with E-state index in [-0.39, 0.29) is 0 Å². The molecule has 0 aliphatic carbocycles. The first-order valence-electron chi connectivity index (χ1n) is 7.14. The van der Waals surface area contributed by atoms with E-state index in [1.54, 1.807) is 6.07 Å². The van der Waals surface area contributed by atoms with Gasteiger partial charge >= 0.3 is 0 Å². The van der Waals surface area contributed by atoms with Crippen molar-refractivity contribution in [2.24, 2.45) is 0 Å². The summed E-state index contributed by atoms with van der Waals surface area (Å²) in [5.74, 6) is 1.67. The van der Waals surface area contributed by atoms with Gasteiger partial charge in [0.2, 0.25) is 0 Å². The van der Waals surface area contributed by atoms with Crippen molar-refractivity contribution >= 4 is 29.0 Å². The third-order valence-electron chi connectivity index (χ3n) is 3.26. The molecule has 0 amide bonds. The van der Waals surface area contributed by atoms with Gasteiger partial charge in [-0.3, -0.25) is 0 Å². The lowest BCUT2D eigenvalue weighted by Crippen LogP contribution is -2.08. The molecule has 112 valence electrons. The van der Waals surface area contributed by atoms with Gasteiger partial charge in [0.15, 0.2) is 0 Å². The first-order valence-corrected chi connectivity index (χ1v) is 7.89. The van der Waals surface area contributed by atoms with Gasteiger partial charge in [-0.15, -0.1) is 0 Å². The number of aromatic nitrogens is 2. The maximum Gasteiger partial charge on any atom is 0.133 e. The van der Waals surface area contributed by atoms with Crippen LogP contribution in [0.5, 0.6) is 0 Å². The van der Waals surface area contributed by atoms with Gasteiger partial charge in [-0.05, 0) is 19.4 Å². The maximum absolute atomic E-state index is 6.34. The highest BCUT2D eigenvalue weighted by atomic mass is 35.5. The van der Waals surface area contributed by atoms with Gasteiger partial charge in [-0.25, -0.2) is 9.97 Å². The number of halogens is 2. The first-order chi connectivity index (χ1) is 10.1. The van der Waals surface area contributed by atoms with Crippen molar-refractivity contribution in [1.29, 1.82) is 0 Å². The van der Waals surface area contributed by atoms with E-state index >= 15 is 0 Å². The molecule has 0 bridgehead atoms. The molecular formula is C16H19Cl2N3. The third kappa shape index (κ3) is 3.47. The van der Waals surface area contributed by atoms with Crippen LogP contribution >= 0.6 is 23.2 Å². The zero-order chi connectivity index (χ0) is 15.4. The fourth-order valence-electron chi connectivity index (χ4n) is 2.09. The Morgan fingerprint density at radius 1 is 1.14 bits per heavy atom. The number of nitrogens with one attached hydrogen (secondary N) is 1. The van der Waals surface area contributed by atoms with E-state index in [9.17, 15) is 0 Å². The molecule has 2 aromatic rings. The molecule has 0 fully saturated rings. The predicted molar refractivity (Wildman–Crippen MR) is 90.4 cm³/mol. The Balaban J connectivity index is 2.59. The molecule has 0 saturated heterocycles. The first kappa shape index (κ1) is 16.1. The fourth-order valence-corrected chi connectivity index (χ4v) is 2.48. The van der Waals surface area contributed by atoms with Crippen LogP contribution in [0.25, 0.3) is 11.3 Å². The Bertz CT molecular complexity index is 642. The molecule has 0 unspecified atom stereocenters. The minimum absolute atomic E-state index is 0.532. The maximum atomic E-state index is 6.34. The monoisotopic (exact) mass is 323 g/mol. The molecule has 0 aliphatic rings. The summed E-state index contributed by atoms with van der Waals surface area (Å²) in [7, 11) is 0. The number of rotatable bonds is 5. The van der Waals surface area contributed by atoms with E-state index in [1.807, 2.05) is 26.0 Å². The van der Waals surface area contributed by atoms with Gasteiger partial charge in [0.25, 0.3) is 0 Å². The van der Waals surface area contributed by atoms with Crippen molar-refractivity contribution in [2.45, 2.75) is 33.6 Å². The molecule has 0 saturated carbocycles. The summed E-state index contributed by atoms with van der Waals surface area (Å²) in [4.78, 5) is 9.21. The number of hydrogen-bond acceptors (Lipinski definition) is 3. The molecule has 1 N–H and O–H groups in total. The highest BCUT2D eigenvalue weighted by molar-refractivity contribution is 6.43. The smallest absolute Gasteiger partial charge is 0.133 e. The summed E-state index contributed by atoms with van der Waals surface area (Å²) in [5, 5.41) is 4.42. The molecule has 0 atom stereocenters. The standard InChI is InChI=1S/C16H19Cl2N3/c1-4-9-19-16-10(3)15(20-13(5-2)21-16)11-7-6-8-12(17)14(11)18/h6-8H,4-5,9H2,1-3H3,(H,19,20,21). The van der Waals surface area contributed by atoms with E-state index in [0.717, 1.165) is 47.8 Å². The zero-order valence-corrected chi connectivity index (χ0v) is 14.0. The molecule has 1 aromatic carbocycles. The van der Waals surface area contributed by atoms with Crippen molar-refractivity contribution in [3.63, 3.8) is 0 Å². The van der Waals surface area contributed by atoms with Crippen molar-refractivity contribution in [2.75, 3.05) is 11.9 Å². The highest BCUT2D eigenvalue weighted by Gasteiger charge is 2.15. The van der Waals surface area contributed by atoms with Gasteiger partial charge in [0.1, 0.15) is 11.6 Å². The average molecular weight is 324 g/mol. The van der Waals surface area contributed by atoms with E-state index in [0.29, 0.717) is 10.0 Å². The summed E-state index contributed by atoms with van der Waals surface area (Å²) in [6.45, 7) is 7.05. The predicted octanol–water partition coefficient (Wildman–Crippen LogP) is 5.14. The van der Waals surface area contributed by atoms with E-state index in [2.05, 4.69) is 22.2 Å². The van der Waals surface area contributed by atoms with Crippen molar-refractivity contribution in [1.82, 2.24) is 9.97 Å². The molecule has 2 rings (SSSR count). The number of benzene rings is 1. The highest BCUT2D eigenvalue weighted by Crippen LogP contribution is 2.35. The van der Waals surface area contributed by atoms with Crippen LogP contribution in [-0.2, 0) is 6.42 Å². The van der Waals surface area contributed by atoms with Crippen molar-refractivity contribution in [3.05, 3.63) is 39.6 Å². The quantitative estimate of drug-likeness (QED) is 0.827. The Kier molecular flexibility index (Phi) is 5.43. The van der Waals surface area contributed by atoms with Crippen LogP contribution in [0.3, 0.4) is 0 Å². The molecule has 1 aromatic heterocycles. The second kappa shape index (κ2) is 7.10. The third-order valence-corrected chi connectivity index (χ3v) is 4.08. The molecule has 1 heterocycles. The SMILES string of the molecule is CCCNc1nc(CC)nc(-c2cccc(Cl)c2Cl)c1C. The van der Waals surface area contributed by atoms with Gasteiger partial charge in [0, 0.05) is 24.1 Å². The average Bonchev–Trinajstić information content (AvgIpc) is 2.49. The molecular weight excluding hydrogens is 305 g/mol. The second-order valence-electron chi connectivity index (χ2n) is 4.84. The van der Waals surface area contributed by atoms with Gasteiger partial charge < -0.3 is 5.32 Å². The van der Waals surface area contributed by atoms with Gasteiger partial charge in [0.05, 0.1) is 15.7 Å². The van der Waals surface area contributed by atoms with Crippen LogP contribution in [0.1, 0.15) is 31.7 Å². The molecule has 0 aliphatic heterocycles. The summed E-state index contributed by atoms with van der Waals surface area (Å²) >= 11 is 12.5. The summed E-state index contributed by atoms with van der Waals surface area (Å²) in [6.07, 6.45) is 1.81. The van der Waals surface area contributed by atoms with Crippen LogP contribution in [-0.4, -0.2) is 16.5 Å². The summed E-state index contributed by atoms with van der Waals surface area (Å²) < 4.78 is 0. The minimum Gasteiger partial charge on any atom is -0.370 e. The van der Waals surface area contributed by atoms with Crippen LogP contribution in [0.15, 0.2) is 18.2 Å². The van der Waals surface area contributed by atoms with E-state index in [1.165, 1.54) is 0 Å². The van der Waals surface area contributed by atoms with E-state index < -0.39 is 0 Å². The lowest BCUT2D eigenvalue weighted by Gasteiger charge is -2.14. The van der Waals surface area contributed by atoms with Crippen molar-refractivity contribution in [3.8, 4) is 11.3 Å². The molecule has 0 spiro atoms. The van der Waals surface area contributed by atoms with Crippen LogP contribution in [0, 0.1) is 6.92 Å². The zero-order valence-electron chi connectivity index (χ0n) is 12.5. The Hall–Kier alpha value is -1.32. The van der Waals surface area contributed by atoms with E-state index in [4.69, 9.17) is 23.2 Å². The molecule has 0 radical (unpaired) electrons.